The van der Waals surface area contributed by atoms with E-state index >= 15 is 0 Å². The van der Waals surface area contributed by atoms with Crippen LogP contribution in [-0.2, 0) is 30.8 Å². The molecule has 0 saturated heterocycles. The van der Waals surface area contributed by atoms with Crippen molar-refractivity contribution in [3.8, 4) is 0 Å². The minimum atomic E-state index is 0.177. The molecule has 0 bridgehead atoms. The van der Waals surface area contributed by atoms with Crippen molar-refractivity contribution in [1.29, 1.82) is 0 Å². The predicted octanol–water partition coefficient (Wildman–Crippen LogP) is 2.31. The van der Waals surface area contributed by atoms with E-state index in [1.54, 1.807) is 0 Å². The summed E-state index contributed by atoms with van der Waals surface area (Å²) in [5.41, 5.74) is 2.15. The van der Waals surface area contributed by atoms with Gasteiger partial charge in [0.2, 0.25) is 5.91 Å². The van der Waals surface area contributed by atoms with Gasteiger partial charge in [-0.05, 0) is 26.5 Å². The molecule has 0 atom stereocenters. The maximum Gasteiger partial charge on any atom is 0.227 e. The molecule has 128 valence electrons. The minimum absolute atomic E-state index is 0.177. The summed E-state index contributed by atoms with van der Waals surface area (Å²) in [5, 5.41) is 0. The Balaban J connectivity index is 1.64. The van der Waals surface area contributed by atoms with Gasteiger partial charge in [-0.25, -0.2) is 4.98 Å². The summed E-state index contributed by atoms with van der Waals surface area (Å²) >= 11 is 0. The molecule has 1 aromatic heterocycles. The Hall–Kier alpha value is -2.14. The number of fused-ring (bicyclic) bond motifs is 1. The molecular formula is C19H26N4O. The zero-order valence-electron chi connectivity index (χ0n) is 14.8. The summed E-state index contributed by atoms with van der Waals surface area (Å²) in [6, 6.07) is 10.4. The maximum absolute atomic E-state index is 12.5. The molecule has 0 fully saturated rings. The normalized spacial score (nSPS) is 14.3. The van der Waals surface area contributed by atoms with Crippen LogP contribution in [0.2, 0.25) is 0 Å². The highest BCUT2D eigenvalue weighted by atomic mass is 16.2. The first-order valence-corrected chi connectivity index (χ1v) is 8.60. The van der Waals surface area contributed by atoms with E-state index in [1.807, 2.05) is 35.2 Å². The number of aromatic nitrogens is 2. The number of nitrogens with zero attached hydrogens (tertiary/aromatic N) is 4. The molecule has 5 heteroatoms. The maximum atomic E-state index is 12.5. The molecule has 0 spiro atoms. The van der Waals surface area contributed by atoms with Crippen molar-refractivity contribution in [1.82, 2.24) is 19.4 Å². The average Bonchev–Trinajstić information content (AvgIpc) is 2.96. The van der Waals surface area contributed by atoms with E-state index in [4.69, 9.17) is 4.98 Å². The zero-order chi connectivity index (χ0) is 17.1. The summed E-state index contributed by atoms with van der Waals surface area (Å²) in [6.45, 7) is 7.40. The molecule has 0 unspecified atom stereocenters. The van der Waals surface area contributed by atoms with E-state index in [1.165, 1.54) is 0 Å². The highest BCUT2D eigenvalue weighted by molar-refractivity contribution is 5.78. The van der Waals surface area contributed by atoms with Crippen molar-refractivity contribution in [2.75, 3.05) is 13.6 Å². The Morgan fingerprint density at radius 1 is 1.25 bits per heavy atom. The molecule has 3 rings (SSSR count). The van der Waals surface area contributed by atoms with Gasteiger partial charge in [0.25, 0.3) is 0 Å². The second kappa shape index (κ2) is 7.18. The topological polar surface area (TPSA) is 41.4 Å². The molecule has 2 aromatic rings. The molecule has 0 aliphatic carbocycles. The molecule has 1 aromatic carbocycles. The second-order valence-electron chi connectivity index (χ2n) is 6.83. The van der Waals surface area contributed by atoms with Crippen LogP contribution in [0.5, 0.6) is 0 Å². The Morgan fingerprint density at radius 3 is 2.71 bits per heavy atom. The largest absolute Gasteiger partial charge is 0.333 e. The van der Waals surface area contributed by atoms with Gasteiger partial charge in [-0.15, -0.1) is 0 Å². The van der Waals surface area contributed by atoms with Crippen molar-refractivity contribution in [2.24, 2.45) is 0 Å². The minimum Gasteiger partial charge on any atom is -0.333 e. The number of amides is 1. The fourth-order valence-corrected chi connectivity index (χ4v) is 2.92. The Bertz CT molecular complexity index is 693. The van der Waals surface area contributed by atoms with Crippen LogP contribution >= 0.6 is 0 Å². The number of benzene rings is 1. The molecule has 0 radical (unpaired) electrons. The SMILES string of the molecule is CC(C)N(C)Cc1cn2c(n1)CN(C(=O)Cc1ccccc1)CC2. The fraction of sp³-hybridized carbons (Fsp3) is 0.474. The van der Waals surface area contributed by atoms with Gasteiger partial charge in [-0.3, -0.25) is 9.69 Å². The van der Waals surface area contributed by atoms with Gasteiger partial charge in [0, 0.05) is 31.9 Å². The molecule has 24 heavy (non-hydrogen) atoms. The Morgan fingerprint density at radius 2 is 2.00 bits per heavy atom. The van der Waals surface area contributed by atoms with Gasteiger partial charge in [-0.2, -0.15) is 0 Å². The van der Waals surface area contributed by atoms with E-state index in [9.17, 15) is 4.79 Å². The quantitative estimate of drug-likeness (QED) is 0.847. The smallest absolute Gasteiger partial charge is 0.227 e. The molecule has 0 N–H and O–H groups in total. The standard InChI is InChI=1S/C19H26N4O/c1-15(2)21(3)12-17-13-22-9-10-23(14-18(22)20-17)19(24)11-16-7-5-4-6-8-16/h4-8,13,15H,9-12,14H2,1-3H3. The summed E-state index contributed by atoms with van der Waals surface area (Å²) in [4.78, 5) is 21.5. The van der Waals surface area contributed by atoms with Crippen LogP contribution in [-0.4, -0.2) is 44.9 Å². The van der Waals surface area contributed by atoms with Crippen molar-refractivity contribution in [3.63, 3.8) is 0 Å². The average molecular weight is 326 g/mol. The van der Waals surface area contributed by atoms with Crippen molar-refractivity contribution < 1.29 is 4.79 Å². The van der Waals surface area contributed by atoms with Crippen molar-refractivity contribution in [3.05, 3.63) is 53.6 Å². The summed E-state index contributed by atoms with van der Waals surface area (Å²) in [7, 11) is 2.11. The number of carbonyl (C=O) groups is 1. The number of imidazole rings is 1. The number of hydrogen-bond donors (Lipinski definition) is 0. The lowest BCUT2D eigenvalue weighted by Gasteiger charge is -2.27. The number of hydrogen-bond acceptors (Lipinski definition) is 3. The van der Waals surface area contributed by atoms with Gasteiger partial charge in [0.1, 0.15) is 5.82 Å². The first kappa shape index (κ1) is 16.7. The van der Waals surface area contributed by atoms with Crippen LogP contribution < -0.4 is 0 Å². The summed E-state index contributed by atoms with van der Waals surface area (Å²) < 4.78 is 2.19. The third-order valence-electron chi connectivity index (χ3n) is 4.70. The summed E-state index contributed by atoms with van der Waals surface area (Å²) in [5.74, 6) is 1.17. The van der Waals surface area contributed by atoms with Crippen LogP contribution in [0.25, 0.3) is 0 Å². The molecule has 1 amide bonds. The van der Waals surface area contributed by atoms with Crippen LogP contribution in [0.4, 0.5) is 0 Å². The summed E-state index contributed by atoms with van der Waals surface area (Å²) in [6.07, 6.45) is 2.59. The Kier molecular flexibility index (Phi) is 5.00. The van der Waals surface area contributed by atoms with Crippen LogP contribution in [0, 0.1) is 0 Å². The third-order valence-corrected chi connectivity index (χ3v) is 4.70. The number of carbonyl (C=O) groups excluding carboxylic acids is 1. The van der Waals surface area contributed by atoms with Gasteiger partial charge in [0.05, 0.1) is 18.7 Å². The van der Waals surface area contributed by atoms with Gasteiger partial charge in [-0.1, -0.05) is 30.3 Å². The molecule has 1 aliphatic rings. The lowest BCUT2D eigenvalue weighted by atomic mass is 10.1. The lowest BCUT2D eigenvalue weighted by molar-refractivity contribution is -0.132. The number of rotatable bonds is 5. The molecular weight excluding hydrogens is 300 g/mol. The van der Waals surface area contributed by atoms with E-state index in [0.29, 0.717) is 19.0 Å². The van der Waals surface area contributed by atoms with Crippen LogP contribution in [0.1, 0.15) is 30.9 Å². The first-order chi connectivity index (χ1) is 11.5. The van der Waals surface area contributed by atoms with Crippen LogP contribution in [0.3, 0.4) is 0 Å². The highest BCUT2D eigenvalue weighted by Crippen LogP contribution is 2.16. The van der Waals surface area contributed by atoms with Gasteiger partial charge >= 0.3 is 0 Å². The van der Waals surface area contributed by atoms with E-state index in [-0.39, 0.29) is 5.91 Å². The first-order valence-electron chi connectivity index (χ1n) is 8.60. The monoisotopic (exact) mass is 326 g/mol. The van der Waals surface area contributed by atoms with Crippen LogP contribution in [0.15, 0.2) is 36.5 Å². The fourth-order valence-electron chi connectivity index (χ4n) is 2.92. The third kappa shape index (κ3) is 3.85. The predicted molar refractivity (Wildman–Crippen MR) is 94.4 cm³/mol. The van der Waals surface area contributed by atoms with Crippen molar-refractivity contribution in [2.45, 2.75) is 45.9 Å². The molecule has 5 nitrogen and oxygen atoms in total. The lowest BCUT2D eigenvalue weighted by Crippen LogP contribution is -2.39. The van der Waals surface area contributed by atoms with Gasteiger partial charge < -0.3 is 9.47 Å². The Labute approximate surface area is 143 Å². The molecule has 2 heterocycles. The molecule has 1 aliphatic heterocycles. The van der Waals surface area contributed by atoms with Gasteiger partial charge in [0.15, 0.2) is 0 Å². The highest BCUT2D eigenvalue weighted by Gasteiger charge is 2.22. The second-order valence-corrected chi connectivity index (χ2v) is 6.83. The van der Waals surface area contributed by atoms with E-state index in [2.05, 4.69) is 36.6 Å². The van der Waals surface area contributed by atoms with E-state index < -0.39 is 0 Å². The van der Waals surface area contributed by atoms with E-state index in [0.717, 1.165) is 36.7 Å². The van der Waals surface area contributed by atoms with Crippen molar-refractivity contribution >= 4 is 5.91 Å². The zero-order valence-corrected chi connectivity index (χ0v) is 14.8. The molecule has 0 saturated carbocycles.